The van der Waals surface area contributed by atoms with E-state index in [9.17, 15) is 0 Å². The van der Waals surface area contributed by atoms with Crippen LogP contribution < -0.4 is 5.32 Å². The molecule has 1 atom stereocenters. The van der Waals surface area contributed by atoms with E-state index in [2.05, 4.69) is 17.1 Å². The number of nitrogens with zero attached hydrogens (tertiary/aromatic N) is 1. The minimum absolute atomic E-state index is 0.511. The van der Waals surface area contributed by atoms with Crippen molar-refractivity contribution >= 4 is 0 Å². The lowest BCUT2D eigenvalue weighted by Gasteiger charge is -2.45. The molecule has 1 aliphatic heterocycles. The van der Waals surface area contributed by atoms with E-state index in [1.807, 2.05) is 0 Å². The Labute approximate surface area is 125 Å². The summed E-state index contributed by atoms with van der Waals surface area (Å²) in [6.07, 6.45) is 16.0. The summed E-state index contributed by atoms with van der Waals surface area (Å²) in [5.41, 5.74) is 0.511. The lowest BCUT2D eigenvalue weighted by atomic mass is 9.80. The van der Waals surface area contributed by atoms with E-state index in [-0.39, 0.29) is 0 Å². The fourth-order valence-electron chi connectivity index (χ4n) is 4.92. The molecule has 0 aromatic carbocycles. The maximum Gasteiger partial charge on any atom is 0.0223 e. The highest BCUT2D eigenvalue weighted by molar-refractivity contribution is 4.94. The van der Waals surface area contributed by atoms with E-state index < -0.39 is 0 Å². The zero-order valence-corrected chi connectivity index (χ0v) is 13.5. The molecule has 1 saturated heterocycles. The highest BCUT2D eigenvalue weighted by Crippen LogP contribution is 2.35. The summed E-state index contributed by atoms with van der Waals surface area (Å²) < 4.78 is 0. The third-order valence-electron chi connectivity index (χ3n) is 6.34. The first-order valence-corrected chi connectivity index (χ1v) is 9.26. The normalized spacial score (nSPS) is 33.8. The van der Waals surface area contributed by atoms with Gasteiger partial charge in [0.15, 0.2) is 0 Å². The Hall–Kier alpha value is -0.0800. The van der Waals surface area contributed by atoms with Crippen LogP contribution in [0.25, 0.3) is 0 Å². The van der Waals surface area contributed by atoms with Crippen LogP contribution in [-0.2, 0) is 0 Å². The van der Waals surface area contributed by atoms with Crippen LogP contribution in [-0.4, -0.2) is 36.1 Å². The van der Waals surface area contributed by atoms with Crippen LogP contribution in [0, 0.1) is 5.92 Å². The average molecular weight is 278 g/mol. The zero-order valence-electron chi connectivity index (χ0n) is 13.5. The van der Waals surface area contributed by atoms with Crippen molar-refractivity contribution in [3.8, 4) is 0 Å². The van der Waals surface area contributed by atoms with Crippen LogP contribution in [0.3, 0.4) is 0 Å². The van der Waals surface area contributed by atoms with Crippen molar-refractivity contribution in [1.29, 1.82) is 0 Å². The molecule has 2 nitrogen and oxygen atoms in total. The molecule has 2 heteroatoms. The minimum Gasteiger partial charge on any atom is -0.312 e. The van der Waals surface area contributed by atoms with E-state index in [0.717, 1.165) is 12.0 Å². The molecule has 0 amide bonds. The van der Waals surface area contributed by atoms with Crippen molar-refractivity contribution in [2.24, 2.45) is 5.92 Å². The molecule has 0 radical (unpaired) electrons. The fraction of sp³-hybridized carbons (Fsp3) is 1.00. The molecule has 1 heterocycles. The predicted octanol–water partition coefficient (Wildman–Crippen LogP) is 3.95. The molecular formula is C18H34N2. The molecule has 116 valence electrons. The SMILES string of the molecule is CC1(N2CCCNC(C3CCCCC3)C2)CCCCC1. The van der Waals surface area contributed by atoms with Gasteiger partial charge in [-0.1, -0.05) is 38.5 Å². The Morgan fingerprint density at radius 3 is 2.35 bits per heavy atom. The van der Waals surface area contributed by atoms with Gasteiger partial charge in [-0.15, -0.1) is 0 Å². The number of hydrogen-bond acceptors (Lipinski definition) is 2. The van der Waals surface area contributed by atoms with E-state index in [4.69, 9.17) is 0 Å². The van der Waals surface area contributed by atoms with Crippen molar-refractivity contribution in [3.05, 3.63) is 0 Å². The van der Waals surface area contributed by atoms with Gasteiger partial charge in [-0.25, -0.2) is 0 Å². The van der Waals surface area contributed by atoms with Gasteiger partial charge in [0.05, 0.1) is 0 Å². The Bertz CT molecular complexity index is 290. The van der Waals surface area contributed by atoms with Crippen LogP contribution in [0.15, 0.2) is 0 Å². The van der Waals surface area contributed by atoms with E-state index >= 15 is 0 Å². The first kappa shape index (κ1) is 14.8. The van der Waals surface area contributed by atoms with Gasteiger partial charge in [-0.2, -0.15) is 0 Å². The summed E-state index contributed by atoms with van der Waals surface area (Å²) in [5.74, 6) is 0.955. The van der Waals surface area contributed by atoms with Gasteiger partial charge in [0.1, 0.15) is 0 Å². The lowest BCUT2D eigenvalue weighted by molar-refractivity contribution is 0.0555. The fourth-order valence-corrected chi connectivity index (χ4v) is 4.92. The first-order valence-electron chi connectivity index (χ1n) is 9.26. The Balaban J connectivity index is 1.64. The second kappa shape index (κ2) is 6.79. The Kier molecular flexibility index (Phi) is 5.04. The quantitative estimate of drug-likeness (QED) is 0.822. The first-order chi connectivity index (χ1) is 9.78. The van der Waals surface area contributed by atoms with E-state index in [1.54, 1.807) is 0 Å². The van der Waals surface area contributed by atoms with Gasteiger partial charge in [-0.05, 0) is 58.0 Å². The summed E-state index contributed by atoms with van der Waals surface area (Å²) in [6, 6.07) is 0.775. The summed E-state index contributed by atoms with van der Waals surface area (Å²) in [4.78, 5) is 2.88. The highest BCUT2D eigenvalue weighted by Gasteiger charge is 2.36. The molecule has 0 aromatic rings. The van der Waals surface area contributed by atoms with Crippen molar-refractivity contribution < 1.29 is 0 Å². The van der Waals surface area contributed by atoms with Crippen molar-refractivity contribution in [1.82, 2.24) is 10.2 Å². The molecule has 20 heavy (non-hydrogen) atoms. The van der Waals surface area contributed by atoms with Gasteiger partial charge in [-0.3, -0.25) is 4.90 Å². The number of hydrogen-bond donors (Lipinski definition) is 1. The molecule has 2 saturated carbocycles. The number of rotatable bonds is 2. The smallest absolute Gasteiger partial charge is 0.0223 e. The summed E-state index contributed by atoms with van der Waals surface area (Å²) >= 11 is 0. The van der Waals surface area contributed by atoms with Crippen molar-refractivity contribution in [3.63, 3.8) is 0 Å². The largest absolute Gasteiger partial charge is 0.312 e. The molecule has 2 aliphatic carbocycles. The van der Waals surface area contributed by atoms with Gasteiger partial charge in [0.2, 0.25) is 0 Å². The summed E-state index contributed by atoms with van der Waals surface area (Å²) in [7, 11) is 0. The molecule has 0 bridgehead atoms. The van der Waals surface area contributed by atoms with Crippen molar-refractivity contribution in [2.45, 2.75) is 89.1 Å². The Morgan fingerprint density at radius 2 is 1.60 bits per heavy atom. The van der Waals surface area contributed by atoms with Crippen LogP contribution in [0.1, 0.15) is 77.6 Å². The van der Waals surface area contributed by atoms with Gasteiger partial charge in [0.25, 0.3) is 0 Å². The topological polar surface area (TPSA) is 15.3 Å². The second-order valence-electron chi connectivity index (χ2n) is 7.82. The van der Waals surface area contributed by atoms with Crippen molar-refractivity contribution in [2.75, 3.05) is 19.6 Å². The van der Waals surface area contributed by atoms with Gasteiger partial charge < -0.3 is 5.32 Å². The number of nitrogens with one attached hydrogen (secondary N) is 1. The molecule has 0 aromatic heterocycles. The van der Waals surface area contributed by atoms with Crippen LogP contribution in [0.4, 0.5) is 0 Å². The van der Waals surface area contributed by atoms with Crippen LogP contribution in [0.5, 0.6) is 0 Å². The van der Waals surface area contributed by atoms with E-state index in [1.165, 1.54) is 90.3 Å². The summed E-state index contributed by atoms with van der Waals surface area (Å²) in [6.45, 7) is 6.44. The van der Waals surface area contributed by atoms with Gasteiger partial charge >= 0.3 is 0 Å². The maximum absolute atomic E-state index is 3.90. The van der Waals surface area contributed by atoms with Crippen LogP contribution in [0.2, 0.25) is 0 Å². The highest BCUT2D eigenvalue weighted by atomic mass is 15.2. The van der Waals surface area contributed by atoms with E-state index in [0.29, 0.717) is 5.54 Å². The third kappa shape index (κ3) is 3.39. The monoisotopic (exact) mass is 278 g/mol. The zero-order chi connectivity index (χ0) is 13.8. The molecule has 3 fully saturated rings. The minimum atomic E-state index is 0.511. The maximum atomic E-state index is 3.90. The molecule has 1 unspecified atom stereocenters. The van der Waals surface area contributed by atoms with Gasteiger partial charge in [0, 0.05) is 18.1 Å². The summed E-state index contributed by atoms with van der Waals surface area (Å²) in [5, 5.41) is 3.90. The predicted molar refractivity (Wildman–Crippen MR) is 86.0 cm³/mol. The molecule has 3 aliphatic rings. The second-order valence-corrected chi connectivity index (χ2v) is 7.82. The van der Waals surface area contributed by atoms with Crippen LogP contribution >= 0.6 is 0 Å². The molecule has 0 spiro atoms. The third-order valence-corrected chi connectivity index (χ3v) is 6.34. The molecule has 3 rings (SSSR count). The molecular weight excluding hydrogens is 244 g/mol. The standard InChI is InChI=1S/C18H34N2/c1-18(11-6-3-7-12-18)20-14-8-13-19-17(15-20)16-9-4-2-5-10-16/h16-17,19H,2-15H2,1H3. The lowest BCUT2D eigenvalue weighted by Crippen LogP contribution is -2.53. The average Bonchev–Trinajstić information content (AvgIpc) is 2.75. The molecule has 1 N–H and O–H groups in total. The Morgan fingerprint density at radius 1 is 0.900 bits per heavy atom.